The van der Waals surface area contributed by atoms with Crippen molar-refractivity contribution in [3.8, 4) is 0 Å². The molecule has 0 saturated heterocycles. The zero-order chi connectivity index (χ0) is 8.85. The van der Waals surface area contributed by atoms with Crippen LogP contribution < -0.4 is 0 Å². The van der Waals surface area contributed by atoms with Crippen LogP contribution in [-0.4, -0.2) is 17.1 Å². The molecule has 2 heteroatoms. The van der Waals surface area contributed by atoms with E-state index in [1.165, 1.54) is 6.42 Å². The van der Waals surface area contributed by atoms with Crippen LogP contribution in [0.1, 0.15) is 33.6 Å². The third-order valence-electron chi connectivity index (χ3n) is 1.73. The number of rotatable bonds is 5. The van der Waals surface area contributed by atoms with Gasteiger partial charge in [-0.25, -0.2) is 0 Å². The summed E-state index contributed by atoms with van der Waals surface area (Å²) in [5.74, 6) is 1.67. The molecule has 2 unspecified atom stereocenters. The highest BCUT2D eigenvalue weighted by Gasteiger charge is 2.10. The lowest BCUT2D eigenvalue weighted by atomic mass is 9.94. The molecular weight excluding hydrogens is 160 g/mol. The molecule has 0 bridgehead atoms. The van der Waals surface area contributed by atoms with Gasteiger partial charge in [0.05, 0.1) is 6.10 Å². The van der Waals surface area contributed by atoms with E-state index in [1.807, 2.05) is 0 Å². The number of hydrogen-bond donors (Lipinski definition) is 1. The highest BCUT2D eigenvalue weighted by molar-refractivity contribution is 6.18. The molecule has 1 nitrogen and oxygen atoms in total. The molecule has 0 saturated carbocycles. The Bertz CT molecular complexity index is 93.6. The highest BCUT2D eigenvalue weighted by Crippen LogP contribution is 2.16. The van der Waals surface area contributed by atoms with Gasteiger partial charge in [-0.2, -0.15) is 0 Å². The van der Waals surface area contributed by atoms with Gasteiger partial charge in [-0.3, -0.25) is 0 Å². The Kier molecular flexibility index (Phi) is 5.98. The molecule has 0 spiro atoms. The van der Waals surface area contributed by atoms with Crippen LogP contribution in [0.15, 0.2) is 0 Å². The van der Waals surface area contributed by atoms with Gasteiger partial charge in [-0.05, 0) is 24.7 Å². The van der Waals surface area contributed by atoms with E-state index < -0.39 is 0 Å². The summed E-state index contributed by atoms with van der Waals surface area (Å²) in [5.41, 5.74) is 0. The first-order chi connectivity index (χ1) is 5.06. The number of halogens is 1. The Morgan fingerprint density at radius 1 is 1.18 bits per heavy atom. The van der Waals surface area contributed by atoms with Crippen molar-refractivity contribution >= 4 is 11.6 Å². The molecule has 68 valence electrons. The number of aliphatic hydroxyl groups excluding tert-OH is 1. The quantitative estimate of drug-likeness (QED) is 0.642. The maximum absolute atomic E-state index is 9.21. The molecule has 11 heavy (non-hydrogen) atoms. The van der Waals surface area contributed by atoms with Crippen molar-refractivity contribution in [2.45, 2.75) is 39.7 Å². The van der Waals surface area contributed by atoms with Crippen molar-refractivity contribution < 1.29 is 5.11 Å². The van der Waals surface area contributed by atoms with Crippen LogP contribution in [0.5, 0.6) is 0 Å². The van der Waals surface area contributed by atoms with Crippen molar-refractivity contribution in [1.29, 1.82) is 0 Å². The van der Waals surface area contributed by atoms with Gasteiger partial charge in [0.25, 0.3) is 0 Å². The molecule has 0 aliphatic rings. The summed E-state index contributed by atoms with van der Waals surface area (Å²) < 4.78 is 0. The molecule has 0 heterocycles. The summed E-state index contributed by atoms with van der Waals surface area (Å²) in [4.78, 5) is 0. The summed E-state index contributed by atoms with van der Waals surface area (Å²) in [6.45, 7) is 6.56. The predicted molar refractivity (Wildman–Crippen MR) is 50.0 cm³/mol. The monoisotopic (exact) mass is 178 g/mol. The normalized spacial score (nSPS) is 16.9. The van der Waals surface area contributed by atoms with Crippen molar-refractivity contribution in [3.05, 3.63) is 0 Å². The molecule has 0 amide bonds. The van der Waals surface area contributed by atoms with Gasteiger partial charge in [-0.15, -0.1) is 11.6 Å². The minimum Gasteiger partial charge on any atom is -0.392 e. The standard InChI is InChI=1S/C9H19ClO/c1-7(2)4-8(3)5-9(11)6-10/h7-9,11H,4-6H2,1-3H3. The van der Waals surface area contributed by atoms with Crippen LogP contribution in [0.3, 0.4) is 0 Å². The van der Waals surface area contributed by atoms with Crippen LogP contribution in [-0.2, 0) is 0 Å². The van der Waals surface area contributed by atoms with Crippen LogP contribution in [0, 0.1) is 11.8 Å². The highest BCUT2D eigenvalue weighted by atomic mass is 35.5. The third-order valence-corrected chi connectivity index (χ3v) is 2.08. The number of alkyl halides is 1. The summed E-state index contributed by atoms with van der Waals surface area (Å²) in [7, 11) is 0. The van der Waals surface area contributed by atoms with Crippen molar-refractivity contribution in [3.63, 3.8) is 0 Å². The lowest BCUT2D eigenvalue weighted by Gasteiger charge is -2.16. The Morgan fingerprint density at radius 3 is 2.09 bits per heavy atom. The van der Waals surface area contributed by atoms with E-state index in [0.717, 1.165) is 6.42 Å². The second-order valence-corrected chi connectivity index (χ2v) is 4.09. The lowest BCUT2D eigenvalue weighted by Crippen LogP contribution is -2.14. The maximum atomic E-state index is 9.21. The largest absolute Gasteiger partial charge is 0.392 e. The Morgan fingerprint density at radius 2 is 1.73 bits per heavy atom. The molecular formula is C9H19ClO. The fourth-order valence-electron chi connectivity index (χ4n) is 1.43. The van der Waals surface area contributed by atoms with Crippen LogP contribution in [0.2, 0.25) is 0 Å². The van der Waals surface area contributed by atoms with E-state index in [9.17, 15) is 5.11 Å². The topological polar surface area (TPSA) is 20.2 Å². The summed E-state index contributed by atoms with van der Waals surface area (Å²) in [6, 6.07) is 0. The average molecular weight is 179 g/mol. The minimum atomic E-state index is -0.314. The second kappa shape index (κ2) is 5.84. The van der Waals surface area contributed by atoms with E-state index in [1.54, 1.807) is 0 Å². The molecule has 0 aromatic rings. The molecule has 2 atom stereocenters. The van der Waals surface area contributed by atoms with Crippen molar-refractivity contribution in [2.24, 2.45) is 11.8 Å². The Balaban J connectivity index is 3.43. The smallest absolute Gasteiger partial charge is 0.0678 e. The van der Waals surface area contributed by atoms with E-state index in [2.05, 4.69) is 20.8 Å². The first-order valence-corrected chi connectivity index (χ1v) is 4.83. The minimum absolute atomic E-state index is 0.314. The first-order valence-electron chi connectivity index (χ1n) is 4.30. The zero-order valence-corrected chi connectivity index (χ0v) is 8.43. The van der Waals surface area contributed by atoms with Gasteiger partial charge in [0.1, 0.15) is 0 Å². The van der Waals surface area contributed by atoms with Crippen LogP contribution >= 0.6 is 11.6 Å². The van der Waals surface area contributed by atoms with Crippen LogP contribution in [0.4, 0.5) is 0 Å². The average Bonchev–Trinajstić information content (AvgIpc) is 1.85. The maximum Gasteiger partial charge on any atom is 0.0678 e. The van der Waals surface area contributed by atoms with Crippen LogP contribution in [0.25, 0.3) is 0 Å². The summed E-state index contributed by atoms with van der Waals surface area (Å²) >= 11 is 5.48. The molecule has 0 rings (SSSR count). The Labute approximate surface area is 74.8 Å². The fraction of sp³-hybridized carbons (Fsp3) is 1.00. The molecule has 0 aliphatic heterocycles. The predicted octanol–water partition coefficient (Wildman–Crippen LogP) is 2.66. The molecule has 0 radical (unpaired) electrons. The van der Waals surface area contributed by atoms with Gasteiger partial charge in [0, 0.05) is 5.88 Å². The van der Waals surface area contributed by atoms with Gasteiger partial charge in [-0.1, -0.05) is 20.8 Å². The molecule has 1 N–H and O–H groups in total. The zero-order valence-electron chi connectivity index (χ0n) is 7.68. The van der Waals surface area contributed by atoms with Gasteiger partial charge >= 0.3 is 0 Å². The van der Waals surface area contributed by atoms with E-state index in [0.29, 0.717) is 17.7 Å². The fourth-order valence-corrected chi connectivity index (χ4v) is 1.55. The number of aliphatic hydroxyl groups is 1. The second-order valence-electron chi connectivity index (χ2n) is 3.78. The van der Waals surface area contributed by atoms with Gasteiger partial charge in [0.2, 0.25) is 0 Å². The Hall–Kier alpha value is 0.250. The molecule has 0 aromatic heterocycles. The van der Waals surface area contributed by atoms with Gasteiger partial charge in [0.15, 0.2) is 0 Å². The molecule has 0 aliphatic carbocycles. The third kappa shape index (κ3) is 6.64. The van der Waals surface area contributed by atoms with E-state index in [-0.39, 0.29) is 6.10 Å². The van der Waals surface area contributed by atoms with Crippen molar-refractivity contribution in [1.82, 2.24) is 0 Å². The van der Waals surface area contributed by atoms with E-state index >= 15 is 0 Å². The summed E-state index contributed by atoms with van der Waals surface area (Å²) in [6.07, 6.45) is 1.70. The van der Waals surface area contributed by atoms with Crippen molar-refractivity contribution in [2.75, 3.05) is 5.88 Å². The number of hydrogen-bond acceptors (Lipinski definition) is 1. The lowest BCUT2D eigenvalue weighted by molar-refractivity contribution is 0.161. The molecule has 0 fully saturated rings. The SMILES string of the molecule is CC(C)CC(C)CC(O)CCl. The molecule has 0 aromatic carbocycles. The van der Waals surface area contributed by atoms with E-state index in [4.69, 9.17) is 11.6 Å². The van der Waals surface area contributed by atoms with Gasteiger partial charge < -0.3 is 5.11 Å². The summed E-state index contributed by atoms with van der Waals surface area (Å²) in [5, 5.41) is 9.21. The first kappa shape index (κ1) is 11.2.